The van der Waals surface area contributed by atoms with Crippen LogP contribution >= 0.6 is 11.9 Å². The van der Waals surface area contributed by atoms with Gasteiger partial charge < -0.3 is 15.4 Å². The lowest BCUT2D eigenvalue weighted by Gasteiger charge is -2.40. The van der Waals surface area contributed by atoms with E-state index in [-0.39, 0.29) is 5.91 Å². The van der Waals surface area contributed by atoms with E-state index in [2.05, 4.69) is 19.9 Å². The number of rotatable bonds is 5. The Labute approximate surface area is 146 Å². The monoisotopic (exact) mass is 349 g/mol. The van der Waals surface area contributed by atoms with Gasteiger partial charge in [-0.1, -0.05) is 42.3 Å². The zero-order chi connectivity index (χ0) is 17.2. The first-order valence-corrected chi connectivity index (χ1v) is 8.72. The van der Waals surface area contributed by atoms with Crippen molar-refractivity contribution in [1.29, 1.82) is 0 Å². The third kappa shape index (κ3) is 3.89. The van der Waals surface area contributed by atoms with E-state index in [0.29, 0.717) is 19.0 Å². The minimum Gasteiger partial charge on any atom is -0.379 e. The lowest BCUT2D eigenvalue weighted by Crippen LogP contribution is -2.73. The van der Waals surface area contributed by atoms with Gasteiger partial charge in [-0.3, -0.25) is 10.5 Å². The number of nitrogens with one attached hydrogen (secondary N) is 2. The molecule has 0 spiro atoms. The second-order valence-corrected chi connectivity index (χ2v) is 8.03. The number of nitrogens with zero attached hydrogens (tertiary/aromatic N) is 2. The summed E-state index contributed by atoms with van der Waals surface area (Å²) >= 11 is 1.51. The number of hydrogen-bond acceptors (Lipinski definition) is 7. The Bertz CT molecular complexity index is 631. The summed E-state index contributed by atoms with van der Waals surface area (Å²) in [4.78, 5) is 16.9. The number of hydrogen-bond donors (Lipinski definition) is 3. The largest absolute Gasteiger partial charge is 0.379 e. The van der Waals surface area contributed by atoms with Crippen LogP contribution in [0, 0.1) is 0 Å². The van der Waals surface area contributed by atoms with Gasteiger partial charge in [0.2, 0.25) is 5.91 Å². The van der Waals surface area contributed by atoms with Crippen molar-refractivity contribution in [2.24, 2.45) is 10.7 Å². The summed E-state index contributed by atoms with van der Waals surface area (Å²) in [6.45, 7) is 6.77. The Morgan fingerprint density at radius 3 is 2.62 bits per heavy atom. The third-order valence-corrected chi connectivity index (χ3v) is 5.09. The van der Waals surface area contributed by atoms with E-state index in [1.807, 2.05) is 44.2 Å². The first-order valence-electron chi connectivity index (χ1n) is 7.95. The predicted octanol–water partition coefficient (Wildman–Crippen LogP) is 0.482. The summed E-state index contributed by atoms with van der Waals surface area (Å²) in [5.41, 5.74) is 7.03. The summed E-state index contributed by atoms with van der Waals surface area (Å²) < 4.78 is 6.83. The van der Waals surface area contributed by atoms with Crippen LogP contribution in [0.1, 0.15) is 19.4 Å². The topological polar surface area (TPSA) is 92.0 Å². The lowest BCUT2D eigenvalue weighted by atomic mass is 10.1. The number of nitrogens with two attached hydrogens (primary N) is 1. The summed E-state index contributed by atoms with van der Waals surface area (Å²) in [5.74, 6) is -0.729. The standard InChI is InChI=1S/C16H23N5O2S/c1-15(2,24-21-8-10-23-11-9-21)14(22)20-16(17)18-13(19-16)12-6-4-3-5-7-12/h3-7H,8-11,17H2,1-2H3,(H,18,19)(H,20,22). The fraction of sp³-hybridized carbons (Fsp3) is 0.500. The normalized spacial score (nSPS) is 24.5. The molecule has 0 radical (unpaired) electrons. The van der Waals surface area contributed by atoms with Gasteiger partial charge in [0.1, 0.15) is 10.6 Å². The Kier molecular flexibility index (Phi) is 4.82. The molecule has 8 heteroatoms. The molecule has 3 rings (SSSR count). The lowest BCUT2D eigenvalue weighted by molar-refractivity contribution is -0.125. The number of amidine groups is 1. The van der Waals surface area contributed by atoms with E-state index < -0.39 is 10.7 Å². The highest BCUT2D eigenvalue weighted by Gasteiger charge is 2.41. The van der Waals surface area contributed by atoms with Crippen molar-refractivity contribution in [2.75, 3.05) is 26.3 Å². The van der Waals surface area contributed by atoms with Crippen LogP contribution in [0.15, 0.2) is 35.3 Å². The van der Waals surface area contributed by atoms with Gasteiger partial charge in [-0.2, -0.15) is 0 Å². The maximum atomic E-state index is 12.6. The van der Waals surface area contributed by atoms with Crippen LogP contribution in [0.25, 0.3) is 0 Å². The van der Waals surface area contributed by atoms with E-state index in [9.17, 15) is 4.79 Å². The summed E-state index contributed by atoms with van der Waals surface area (Å²) in [6.07, 6.45) is 0. The molecule has 0 unspecified atom stereocenters. The van der Waals surface area contributed by atoms with Crippen molar-refractivity contribution in [3.8, 4) is 0 Å². The summed E-state index contributed by atoms with van der Waals surface area (Å²) in [7, 11) is 0. The van der Waals surface area contributed by atoms with Gasteiger partial charge in [0.05, 0.1) is 13.2 Å². The van der Waals surface area contributed by atoms with Crippen molar-refractivity contribution in [1.82, 2.24) is 14.9 Å². The molecule has 130 valence electrons. The maximum Gasteiger partial charge on any atom is 0.268 e. The molecule has 0 aromatic heterocycles. The quantitative estimate of drug-likeness (QED) is 0.529. The average molecular weight is 349 g/mol. The van der Waals surface area contributed by atoms with E-state index in [1.165, 1.54) is 11.9 Å². The molecule has 0 bridgehead atoms. The number of carbonyl (C=O) groups is 1. The number of carbonyl (C=O) groups excluding carboxylic acids is 1. The molecular weight excluding hydrogens is 326 g/mol. The molecule has 1 saturated heterocycles. The summed E-state index contributed by atoms with van der Waals surface area (Å²) in [6, 6.07) is 9.66. The number of benzene rings is 1. The molecule has 0 aliphatic carbocycles. The van der Waals surface area contributed by atoms with Crippen LogP contribution in [-0.4, -0.2) is 53.0 Å². The van der Waals surface area contributed by atoms with Crippen molar-refractivity contribution < 1.29 is 9.53 Å². The van der Waals surface area contributed by atoms with Gasteiger partial charge in [0.15, 0.2) is 0 Å². The second kappa shape index (κ2) is 6.72. The highest BCUT2D eigenvalue weighted by atomic mass is 32.2. The molecule has 4 N–H and O–H groups in total. The Morgan fingerprint density at radius 1 is 1.38 bits per heavy atom. The van der Waals surface area contributed by atoms with Crippen LogP contribution in [0.2, 0.25) is 0 Å². The highest BCUT2D eigenvalue weighted by Crippen LogP contribution is 2.29. The smallest absolute Gasteiger partial charge is 0.268 e. The Hall–Kier alpha value is -1.61. The molecule has 2 heterocycles. The Morgan fingerprint density at radius 2 is 2.00 bits per heavy atom. The van der Waals surface area contributed by atoms with Crippen LogP contribution in [-0.2, 0) is 9.53 Å². The first kappa shape index (κ1) is 17.2. The molecule has 2 aliphatic rings. The number of aliphatic imine (C=N–C) groups is 1. The fourth-order valence-electron chi connectivity index (χ4n) is 2.48. The van der Waals surface area contributed by atoms with E-state index >= 15 is 0 Å². The molecule has 1 fully saturated rings. The van der Waals surface area contributed by atoms with Crippen molar-refractivity contribution in [3.63, 3.8) is 0 Å². The molecule has 1 aromatic rings. The van der Waals surface area contributed by atoms with Gasteiger partial charge in [-0.15, -0.1) is 0 Å². The molecule has 7 nitrogen and oxygen atoms in total. The molecule has 2 aliphatic heterocycles. The van der Waals surface area contributed by atoms with Crippen molar-refractivity contribution >= 4 is 23.7 Å². The summed E-state index contributed by atoms with van der Waals surface area (Å²) in [5, 5.41) is 5.82. The van der Waals surface area contributed by atoms with Gasteiger partial charge in [-0.25, -0.2) is 9.30 Å². The molecule has 1 aromatic carbocycles. The van der Waals surface area contributed by atoms with Gasteiger partial charge >= 0.3 is 0 Å². The van der Waals surface area contributed by atoms with Crippen LogP contribution in [0.5, 0.6) is 0 Å². The van der Waals surface area contributed by atoms with E-state index in [1.54, 1.807) is 0 Å². The Balaban J connectivity index is 1.59. The number of morpholine rings is 1. The molecule has 1 amide bonds. The van der Waals surface area contributed by atoms with Crippen LogP contribution in [0.3, 0.4) is 0 Å². The molecule has 0 saturated carbocycles. The minimum atomic E-state index is -1.24. The predicted molar refractivity (Wildman–Crippen MR) is 95.2 cm³/mol. The SMILES string of the molecule is CC(C)(SN1CCOCC1)C(=O)N[C@@]1(N)N=C(c2ccccc2)N1. The van der Waals surface area contributed by atoms with Gasteiger partial charge in [0, 0.05) is 18.7 Å². The zero-order valence-corrected chi connectivity index (χ0v) is 14.7. The molecule has 24 heavy (non-hydrogen) atoms. The zero-order valence-electron chi connectivity index (χ0n) is 13.9. The molecular formula is C16H23N5O2S. The first-order chi connectivity index (χ1) is 11.4. The molecule has 1 atom stereocenters. The van der Waals surface area contributed by atoms with Crippen molar-refractivity contribution in [3.05, 3.63) is 35.9 Å². The van der Waals surface area contributed by atoms with Gasteiger partial charge in [-0.05, 0) is 13.8 Å². The maximum absolute atomic E-state index is 12.6. The number of ether oxygens (including phenoxy) is 1. The fourth-order valence-corrected chi connectivity index (χ4v) is 3.59. The van der Waals surface area contributed by atoms with Crippen molar-refractivity contribution in [2.45, 2.75) is 24.5 Å². The van der Waals surface area contributed by atoms with Gasteiger partial charge in [0.25, 0.3) is 5.91 Å². The second-order valence-electron chi connectivity index (χ2n) is 6.31. The van der Waals surface area contributed by atoms with E-state index in [0.717, 1.165) is 18.7 Å². The average Bonchev–Trinajstić information content (AvgIpc) is 2.53. The van der Waals surface area contributed by atoms with Crippen LogP contribution < -0.4 is 16.4 Å². The van der Waals surface area contributed by atoms with Crippen LogP contribution in [0.4, 0.5) is 0 Å². The third-order valence-electron chi connectivity index (χ3n) is 3.82. The van der Waals surface area contributed by atoms with E-state index in [4.69, 9.17) is 10.5 Å². The highest BCUT2D eigenvalue weighted by molar-refractivity contribution is 7.99. The minimum absolute atomic E-state index is 0.162. The number of amides is 1.